The summed E-state index contributed by atoms with van der Waals surface area (Å²) in [6.07, 6.45) is 0. The molecule has 1 atom stereocenters. The molecule has 104 valence electrons. The van der Waals surface area contributed by atoms with Crippen LogP contribution in [0, 0.1) is 0 Å². The van der Waals surface area contributed by atoms with E-state index in [-0.39, 0.29) is 11.2 Å². The Bertz CT molecular complexity index is 601. The average molecular weight is 326 g/mol. The molecule has 2 rings (SSSR count). The molecule has 0 spiro atoms. The number of thioether (sulfide) groups is 1. The fourth-order valence-corrected chi connectivity index (χ4v) is 2.76. The van der Waals surface area contributed by atoms with Crippen LogP contribution < -0.4 is 5.32 Å². The molecule has 0 aliphatic heterocycles. The summed E-state index contributed by atoms with van der Waals surface area (Å²) in [6, 6.07) is 14.5. The summed E-state index contributed by atoms with van der Waals surface area (Å²) in [5.41, 5.74) is 0.700. The number of nitrogens with one attached hydrogen (secondary N) is 1. The van der Waals surface area contributed by atoms with Gasteiger partial charge in [-0.3, -0.25) is 4.79 Å². The number of halogens is 2. The molecule has 0 radical (unpaired) electrons. The summed E-state index contributed by atoms with van der Waals surface area (Å²) in [6.45, 7) is 1.86. The lowest BCUT2D eigenvalue weighted by atomic mass is 10.3. The Morgan fingerprint density at radius 2 is 1.80 bits per heavy atom. The zero-order chi connectivity index (χ0) is 14.5. The van der Waals surface area contributed by atoms with Crippen LogP contribution in [0.4, 0.5) is 5.69 Å². The van der Waals surface area contributed by atoms with Gasteiger partial charge in [0, 0.05) is 20.6 Å². The molecule has 2 aromatic carbocycles. The van der Waals surface area contributed by atoms with Crippen LogP contribution in [-0.4, -0.2) is 11.2 Å². The third-order valence-electron chi connectivity index (χ3n) is 2.59. The van der Waals surface area contributed by atoms with Crippen molar-refractivity contribution in [3.8, 4) is 0 Å². The summed E-state index contributed by atoms with van der Waals surface area (Å²) in [5, 5.41) is 3.91. The van der Waals surface area contributed by atoms with E-state index in [2.05, 4.69) is 5.32 Å². The van der Waals surface area contributed by atoms with Crippen LogP contribution in [-0.2, 0) is 4.79 Å². The Hall–Kier alpha value is -1.16. The molecule has 0 saturated heterocycles. The van der Waals surface area contributed by atoms with Gasteiger partial charge in [0.1, 0.15) is 0 Å². The molecule has 0 aromatic heterocycles. The zero-order valence-electron chi connectivity index (χ0n) is 10.8. The fraction of sp³-hybridized carbons (Fsp3) is 0.133. The van der Waals surface area contributed by atoms with E-state index in [1.165, 1.54) is 11.8 Å². The van der Waals surface area contributed by atoms with Gasteiger partial charge in [-0.25, -0.2) is 0 Å². The first-order valence-corrected chi connectivity index (χ1v) is 7.67. The van der Waals surface area contributed by atoms with Gasteiger partial charge in [-0.05, 0) is 49.4 Å². The molecule has 1 N–H and O–H groups in total. The van der Waals surface area contributed by atoms with Crippen molar-refractivity contribution >= 4 is 46.6 Å². The van der Waals surface area contributed by atoms with Crippen molar-refractivity contribution in [1.82, 2.24) is 0 Å². The van der Waals surface area contributed by atoms with Crippen LogP contribution in [0.5, 0.6) is 0 Å². The Balaban J connectivity index is 1.96. The third kappa shape index (κ3) is 4.44. The Morgan fingerprint density at radius 3 is 2.45 bits per heavy atom. The Morgan fingerprint density at radius 1 is 1.10 bits per heavy atom. The first-order valence-electron chi connectivity index (χ1n) is 6.03. The molecule has 0 heterocycles. The molecule has 0 aliphatic carbocycles. The molecule has 0 aliphatic rings. The van der Waals surface area contributed by atoms with Crippen molar-refractivity contribution in [2.45, 2.75) is 17.1 Å². The van der Waals surface area contributed by atoms with E-state index in [1.54, 1.807) is 18.2 Å². The molecule has 20 heavy (non-hydrogen) atoms. The Labute approximate surface area is 132 Å². The fourth-order valence-electron chi connectivity index (χ4n) is 1.58. The predicted molar refractivity (Wildman–Crippen MR) is 86.9 cm³/mol. The highest BCUT2D eigenvalue weighted by Gasteiger charge is 2.14. The lowest BCUT2D eigenvalue weighted by Gasteiger charge is -2.12. The van der Waals surface area contributed by atoms with Gasteiger partial charge < -0.3 is 5.32 Å². The molecule has 2 aromatic rings. The number of hydrogen-bond acceptors (Lipinski definition) is 2. The average Bonchev–Trinajstić information content (AvgIpc) is 2.41. The molecule has 0 saturated carbocycles. The minimum Gasteiger partial charge on any atom is -0.325 e. The second kappa shape index (κ2) is 7.02. The Kier molecular flexibility index (Phi) is 5.35. The van der Waals surface area contributed by atoms with Crippen LogP contribution in [0.25, 0.3) is 0 Å². The summed E-state index contributed by atoms with van der Waals surface area (Å²) < 4.78 is 0. The maximum Gasteiger partial charge on any atom is 0.237 e. The highest BCUT2D eigenvalue weighted by Crippen LogP contribution is 2.25. The van der Waals surface area contributed by atoms with Crippen LogP contribution in [0.3, 0.4) is 0 Å². The second-order valence-corrected chi connectivity index (χ2v) is 6.50. The molecule has 1 amide bonds. The quantitative estimate of drug-likeness (QED) is 0.791. The number of amides is 1. The highest BCUT2D eigenvalue weighted by atomic mass is 35.5. The minimum atomic E-state index is -0.213. The van der Waals surface area contributed by atoms with Gasteiger partial charge in [0.25, 0.3) is 0 Å². The monoisotopic (exact) mass is 325 g/mol. The number of carbonyl (C=O) groups is 1. The van der Waals surface area contributed by atoms with Gasteiger partial charge >= 0.3 is 0 Å². The van der Waals surface area contributed by atoms with E-state index in [0.717, 1.165) is 4.90 Å². The van der Waals surface area contributed by atoms with Crippen LogP contribution in [0.15, 0.2) is 53.4 Å². The summed E-state index contributed by atoms with van der Waals surface area (Å²) in [5.74, 6) is -0.0628. The lowest BCUT2D eigenvalue weighted by Crippen LogP contribution is -2.22. The second-order valence-electron chi connectivity index (χ2n) is 4.21. The lowest BCUT2D eigenvalue weighted by molar-refractivity contribution is -0.115. The molecular formula is C15H13Cl2NOS. The van der Waals surface area contributed by atoms with E-state index < -0.39 is 0 Å². The minimum absolute atomic E-state index is 0.0628. The van der Waals surface area contributed by atoms with Crippen LogP contribution in [0.1, 0.15) is 6.92 Å². The molecular weight excluding hydrogens is 313 g/mol. The number of rotatable bonds is 4. The maximum atomic E-state index is 12.1. The van der Waals surface area contributed by atoms with E-state index in [1.807, 2.05) is 37.3 Å². The van der Waals surface area contributed by atoms with Crippen LogP contribution >= 0.6 is 35.0 Å². The van der Waals surface area contributed by atoms with E-state index in [0.29, 0.717) is 15.7 Å². The van der Waals surface area contributed by atoms with Gasteiger partial charge in [-0.15, -0.1) is 11.8 Å². The number of anilines is 1. The van der Waals surface area contributed by atoms with Crippen molar-refractivity contribution in [3.63, 3.8) is 0 Å². The standard InChI is InChI=1S/C15H13Cl2NOS/c1-10(20-14-7-5-11(16)6-8-14)15(19)18-13-4-2-3-12(17)9-13/h2-10H,1H3,(H,18,19). The van der Waals surface area contributed by atoms with Crippen LogP contribution in [0.2, 0.25) is 10.0 Å². The number of hydrogen-bond donors (Lipinski definition) is 1. The molecule has 1 unspecified atom stereocenters. The summed E-state index contributed by atoms with van der Waals surface area (Å²) in [7, 11) is 0. The van der Waals surface area contributed by atoms with Crippen molar-refractivity contribution in [2.24, 2.45) is 0 Å². The van der Waals surface area contributed by atoms with Gasteiger partial charge in [0.15, 0.2) is 0 Å². The third-order valence-corrected chi connectivity index (χ3v) is 4.19. The van der Waals surface area contributed by atoms with Crippen molar-refractivity contribution in [1.29, 1.82) is 0 Å². The maximum absolute atomic E-state index is 12.1. The first kappa shape index (κ1) is 15.2. The van der Waals surface area contributed by atoms with Gasteiger partial charge in [-0.1, -0.05) is 29.3 Å². The molecule has 2 nitrogen and oxygen atoms in total. The molecule has 0 bridgehead atoms. The predicted octanol–water partition coefficient (Wildman–Crippen LogP) is 5.11. The SMILES string of the molecule is CC(Sc1ccc(Cl)cc1)C(=O)Nc1cccc(Cl)c1. The molecule has 0 fully saturated rings. The van der Waals surface area contributed by atoms with Crippen molar-refractivity contribution in [2.75, 3.05) is 5.32 Å². The highest BCUT2D eigenvalue weighted by molar-refractivity contribution is 8.00. The number of carbonyl (C=O) groups excluding carboxylic acids is 1. The largest absolute Gasteiger partial charge is 0.325 e. The first-order chi connectivity index (χ1) is 9.54. The van der Waals surface area contributed by atoms with Gasteiger partial charge in [0.2, 0.25) is 5.91 Å². The molecule has 5 heteroatoms. The van der Waals surface area contributed by atoms with Gasteiger partial charge in [-0.2, -0.15) is 0 Å². The van der Waals surface area contributed by atoms with Gasteiger partial charge in [0.05, 0.1) is 5.25 Å². The smallest absolute Gasteiger partial charge is 0.237 e. The van der Waals surface area contributed by atoms with Crippen molar-refractivity contribution < 1.29 is 4.79 Å². The van der Waals surface area contributed by atoms with Crippen molar-refractivity contribution in [3.05, 3.63) is 58.6 Å². The van der Waals surface area contributed by atoms with E-state index >= 15 is 0 Å². The number of benzene rings is 2. The normalized spacial score (nSPS) is 11.9. The van der Waals surface area contributed by atoms with E-state index in [4.69, 9.17) is 23.2 Å². The summed E-state index contributed by atoms with van der Waals surface area (Å²) >= 11 is 13.2. The summed E-state index contributed by atoms with van der Waals surface area (Å²) in [4.78, 5) is 13.1. The van der Waals surface area contributed by atoms with E-state index in [9.17, 15) is 4.79 Å². The topological polar surface area (TPSA) is 29.1 Å². The zero-order valence-corrected chi connectivity index (χ0v) is 13.1.